The van der Waals surface area contributed by atoms with Gasteiger partial charge in [0.15, 0.2) is 11.6 Å². The second kappa shape index (κ2) is 6.71. The highest BCUT2D eigenvalue weighted by Gasteiger charge is 2.44. The van der Waals surface area contributed by atoms with Crippen molar-refractivity contribution in [2.75, 3.05) is 0 Å². The molecule has 0 unspecified atom stereocenters. The first-order valence-electron chi connectivity index (χ1n) is 8.24. The van der Waals surface area contributed by atoms with E-state index in [0.717, 1.165) is 11.1 Å². The summed E-state index contributed by atoms with van der Waals surface area (Å²) >= 11 is 12.0. The fourth-order valence-electron chi connectivity index (χ4n) is 3.59. The average Bonchev–Trinajstić information content (AvgIpc) is 2.90. The van der Waals surface area contributed by atoms with Gasteiger partial charge in [-0.2, -0.15) is 0 Å². The van der Waals surface area contributed by atoms with E-state index in [0.29, 0.717) is 21.2 Å². The van der Waals surface area contributed by atoms with Crippen molar-refractivity contribution in [2.45, 2.75) is 5.92 Å². The van der Waals surface area contributed by atoms with E-state index in [1.807, 2.05) is 24.3 Å². The van der Waals surface area contributed by atoms with Gasteiger partial charge >= 0.3 is 0 Å². The summed E-state index contributed by atoms with van der Waals surface area (Å²) in [7, 11) is 0. The molecule has 4 rings (SSSR count). The molecule has 0 heterocycles. The van der Waals surface area contributed by atoms with Crippen LogP contribution in [0.4, 0.5) is 0 Å². The SMILES string of the molecule is O=C1c2ccccc2C(=O)C1C(c1ccc(Cl)cc1)c1ccc(Cl)cc1. The van der Waals surface area contributed by atoms with Crippen LogP contribution < -0.4 is 0 Å². The number of hydrogen-bond acceptors (Lipinski definition) is 2. The Morgan fingerprint density at radius 2 is 1.00 bits per heavy atom. The second-order valence-corrected chi connectivity index (χ2v) is 7.21. The van der Waals surface area contributed by atoms with E-state index < -0.39 is 11.8 Å². The molecular formula is C22H14Cl2O2. The Hall–Kier alpha value is -2.42. The summed E-state index contributed by atoms with van der Waals surface area (Å²) in [6.45, 7) is 0. The van der Waals surface area contributed by atoms with E-state index in [1.165, 1.54) is 0 Å². The van der Waals surface area contributed by atoms with Crippen molar-refractivity contribution in [3.8, 4) is 0 Å². The Morgan fingerprint density at radius 3 is 1.38 bits per heavy atom. The Bertz CT molecular complexity index is 911. The van der Waals surface area contributed by atoms with Crippen molar-refractivity contribution in [3.63, 3.8) is 0 Å². The number of halogens is 2. The molecule has 0 radical (unpaired) electrons. The maximum atomic E-state index is 13.1. The van der Waals surface area contributed by atoms with Gasteiger partial charge in [-0.05, 0) is 35.4 Å². The standard InChI is InChI=1S/C22H14Cl2O2/c23-15-9-5-13(6-10-15)19(14-7-11-16(24)12-8-14)20-21(25)17-3-1-2-4-18(17)22(20)26/h1-12,19-20H. The number of rotatable bonds is 3. The summed E-state index contributed by atoms with van der Waals surface area (Å²) in [4.78, 5) is 26.1. The molecule has 128 valence electrons. The van der Waals surface area contributed by atoms with Gasteiger partial charge in [0.25, 0.3) is 0 Å². The van der Waals surface area contributed by atoms with Gasteiger partial charge in [0, 0.05) is 27.1 Å². The molecule has 0 saturated heterocycles. The van der Waals surface area contributed by atoms with Gasteiger partial charge in [-0.3, -0.25) is 9.59 Å². The number of fused-ring (bicyclic) bond motifs is 1. The number of carbonyl (C=O) groups excluding carboxylic acids is 2. The summed E-state index contributed by atoms with van der Waals surface area (Å²) in [5.41, 5.74) is 2.73. The van der Waals surface area contributed by atoms with Crippen LogP contribution in [0.25, 0.3) is 0 Å². The van der Waals surface area contributed by atoms with Crippen molar-refractivity contribution in [1.82, 2.24) is 0 Å². The van der Waals surface area contributed by atoms with E-state index >= 15 is 0 Å². The van der Waals surface area contributed by atoms with E-state index in [9.17, 15) is 9.59 Å². The van der Waals surface area contributed by atoms with E-state index in [2.05, 4.69) is 0 Å². The highest BCUT2D eigenvalue weighted by atomic mass is 35.5. The molecule has 0 N–H and O–H groups in total. The molecule has 3 aromatic rings. The van der Waals surface area contributed by atoms with Gasteiger partial charge in [0.1, 0.15) is 0 Å². The molecule has 2 nitrogen and oxygen atoms in total. The average molecular weight is 381 g/mol. The lowest BCUT2D eigenvalue weighted by atomic mass is 9.78. The summed E-state index contributed by atoms with van der Waals surface area (Å²) in [5.74, 6) is -1.45. The Labute approximate surface area is 161 Å². The summed E-state index contributed by atoms with van der Waals surface area (Å²) in [6, 6.07) is 21.6. The topological polar surface area (TPSA) is 34.1 Å². The molecule has 0 aliphatic heterocycles. The van der Waals surface area contributed by atoms with Gasteiger partial charge in [-0.25, -0.2) is 0 Å². The number of benzene rings is 3. The molecule has 1 aliphatic carbocycles. The smallest absolute Gasteiger partial charge is 0.175 e. The Balaban J connectivity index is 1.86. The molecule has 26 heavy (non-hydrogen) atoms. The van der Waals surface area contributed by atoms with E-state index in [1.54, 1.807) is 48.5 Å². The monoisotopic (exact) mass is 380 g/mol. The zero-order valence-electron chi connectivity index (χ0n) is 13.7. The van der Waals surface area contributed by atoms with Crippen molar-refractivity contribution in [3.05, 3.63) is 105 Å². The molecule has 0 fully saturated rings. The third-order valence-electron chi connectivity index (χ3n) is 4.81. The normalized spacial score (nSPS) is 14.1. The van der Waals surface area contributed by atoms with Crippen LogP contribution in [0.3, 0.4) is 0 Å². The number of carbonyl (C=O) groups is 2. The van der Waals surface area contributed by atoms with Crippen molar-refractivity contribution in [2.24, 2.45) is 5.92 Å². The molecule has 0 spiro atoms. The highest BCUT2D eigenvalue weighted by molar-refractivity contribution is 6.31. The van der Waals surface area contributed by atoms with Crippen molar-refractivity contribution < 1.29 is 9.59 Å². The molecule has 0 atom stereocenters. The first-order valence-corrected chi connectivity index (χ1v) is 9.00. The molecule has 0 bridgehead atoms. The van der Waals surface area contributed by atoms with Crippen LogP contribution in [-0.4, -0.2) is 11.6 Å². The van der Waals surface area contributed by atoms with Gasteiger partial charge in [0.05, 0.1) is 5.92 Å². The number of hydrogen-bond donors (Lipinski definition) is 0. The highest BCUT2D eigenvalue weighted by Crippen LogP contribution is 2.41. The summed E-state index contributed by atoms with van der Waals surface area (Å²) in [6.07, 6.45) is 0. The largest absolute Gasteiger partial charge is 0.293 e. The predicted molar refractivity (Wildman–Crippen MR) is 103 cm³/mol. The number of Topliss-reactive ketones (excluding diaryl/α,β-unsaturated/α-hetero) is 2. The first kappa shape index (κ1) is 17.0. The molecule has 1 aliphatic rings. The van der Waals surface area contributed by atoms with Crippen LogP contribution in [0.2, 0.25) is 10.0 Å². The van der Waals surface area contributed by atoms with Crippen LogP contribution in [0.1, 0.15) is 37.8 Å². The van der Waals surface area contributed by atoms with Gasteiger partial charge < -0.3 is 0 Å². The maximum absolute atomic E-state index is 13.1. The van der Waals surface area contributed by atoms with E-state index in [-0.39, 0.29) is 11.6 Å². The zero-order valence-corrected chi connectivity index (χ0v) is 15.2. The minimum absolute atomic E-state index is 0.138. The van der Waals surface area contributed by atoms with E-state index in [4.69, 9.17) is 23.2 Å². The fourth-order valence-corrected chi connectivity index (χ4v) is 3.84. The third-order valence-corrected chi connectivity index (χ3v) is 5.32. The summed E-state index contributed by atoms with van der Waals surface area (Å²) in [5, 5.41) is 1.21. The molecular weight excluding hydrogens is 367 g/mol. The third kappa shape index (κ3) is 2.86. The quantitative estimate of drug-likeness (QED) is 0.536. The van der Waals surface area contributed by atoms with Crippen LogP contribution in [0.15, 0.2) is 72.8 Å². The van der Waals surface area contributed by atoms with Gasteiger partial charge in [-0.1, -0.05) is 71.7 Å². The summed E-state index contributed by atoms with van der Waals surface area (Å²) < 4.78 is 0. The number of ketones is 2. The minimum atomic E-state index is -0.783. The lowest BCUT2D eigenvalue weighted by Crippen LogP contribution is -2.25. The van der Waals surface area contributed by atoms with Crippen molar-refractivity contribution in [1.29, 1.82) is 0 Å². The second-order valence-electron chi connectivity index (χ2n) is 6.33. The lowest BCUT2D eigenvalue weighted by Gasteiger charge is -2.23. The predicted octanol–water partition coefficient (Wildman–Crippen LogP) is 5.82. The van der Waals surface area contributed by atoms with Crippen LogP contribution in [0, 0.1) is 5.92 Å². The molecule has 4 heteroatoms. The van der Waals surface area contributed by atoms with Gasteiger partial charge in [-0.15, -0.1) is 0 Å². The fraction of sp³-hybridized carbons (Fsp3) is 0.0909. The Kier molecular flexibility index (Phi) is 4.39. The molecule has 3 aromatic carbocycles. The van der Waals surface area contributed by atoms with Crippen molar-refractivity contribution >= 4 is 34.8 Å². The van der Waals surface area contributed by atoms with Crippen LogP contribution in [0.5, 0.6) is 0 Å². The molecule has 0 aromatic heterocycles. The Morgan fingerprint density at radius 1 is 0.615 bits per heavy atom. The minimum Gasteiger partial charge on any atom is -0.293 e. The first-order chi connectivity index (χ1) is 12.6. The molecule has 0 saturated carbocycles. The lowest BCUT2D eigenvalue weighted by molar-refractivity contribution is 0.0825. The molecule has 0 amide bonds. The van der Waals surface area contributed by atoms with Crippen LogP contribution in [-0.2, 0) is 0 Å². The van der Waals surface area contributed by atoms with Gasteiger partial charge in [0.2, 0.25) is 0 Å². The zero-order chi connectivity index (χ0) is 18.3. The van der Waals surface area contributed by atoms with Crippen LogP contribution >= 0.6 is 23.2 Å². The maximum Gasteiger partial charge on any atom is 0.175 e.